The number of hydrogen-bond donors (Lipinski definition) is 3. The van der Waals surface area contributed by atoms with Crippen molar-refractivity contribution in [3.63, 3.8) is 0 Å². The summed E-state index contributed by atoms with van der Waals surface area (Å²) in [5, 5.41) is 7.45. The lowest BCUT2D eigenvalue weighted by Gasteiger charge is -2.45. The minimum Gasteiger partial charge on any atom is -0.361 e. The van der Waals surface area contributed by atoms with Crippen molar-refractivity contribution in [2.45, 2.75) is 43.7 Å². The van der Waals surface area contributed by atoms with Crippen LogP contribution in [0, 0.1) is 0 Å². The van der Waals surface area contributed by atoms with Gasteiger partial charge in [0.15, 0.2) is 0 Å². The molecule has 2 amide bonds. The van der Waals surface area contributed by atoms with E-state index in [1.165, 1.54) is 16.5 Å². The average Bonchev–Trinajstić information content (AvgIpc) is 3.18. The number of nitrogens with zero attached hydrogens (tertiary/aromatic N) is 1. The lowest BCUT2D eigenvalue weighted by molar-refractivity contribution is 0.0870. The van der Waals surface area contributed by atoms with Crippen LogP contribution in [-0.4, -0.2) is 42.6 Å². The van der Waals surface area contributed by atoms with E-state index in [4.69, 9.17) is 0 Å². The highest BCUT2D eigenvalue weighted by Gasteiger charge is 2.38. The molecule has 2 aromatic carbocycles. The Balaban J connectivity index is 1.27. The van der Waals surface area contributed by atoms with Gasteiger partial charge in [-0.2, -0.15) is 0 Å². The van der Waals surface area contributed by atoms with Gasteiger partial charge in [-0.05, 0) is 63.4 Å². The third kappa shape index (κ3) is 4.21. The van der Waals surface area contributed by atoms with Gasteiger partial charge >= 0.3 is 6.03 Å². The number of benzene rings is 2. The monoisotopic (exact) mass is 404 g/mol. The molecular weight excluding hydrogens is 372 g/mol. The molecule has 0 saturated heterocycles. The summed E-state index contributed by atoms with van der Waals surface area (Å²) in [6.07, 6.45) is 6.93. The van der Waals surface area contributed by atoms with Crippen LogP contribution in [0.4, 0.5) is 4.79 Å². The number of aromatic nitrogens is 1. The molecule has 158 valence electrons. The van der Waals surface area contributed by atoms with E-state index in [2.05, 4.69) is 77.1 Å². The Bertz CT molecular complexity index is 971. The maximum atomic E-state index is 12.4. The van der Waals surface area contributed by atoms with Crippen LogP contribution < -0.4 is 10.6 Å². The number of rotatable bonds is 6. The van der Waals surface area contributed by atoms with Crippen molar-refractivity contribution in [2.24, 2.45) is 0 Å². The van der Waals surface area contributed by atoms with E-state index in [1.807, 2.05) is 18.3 Å². The molecule has 0 radical (unpaired) electrons. The highest BCUT2D eigenvalue weighted by atomic mass is 16.2. The summed E-state index contributed by atoms with van der Waals surface area (Å²) in [6, 6.07) is 19.2. The molecule has 1 aromatic heterocycles. The van der Waals surface area contributed by atoms with E-state index >= 15 is 0 Å². The van der Waals surface area contributed by atoms with E-state index in [1.54, 1.807) is 0 Å². The van der Waals surface area contributed by atoms with Crippen molar-refractivity contribution in [3.8, 4) is 0 Å². The number of amides is 2. The minimum absolute atomic E-state index is 0.0584. The van der Waals surface area contributed by atoms with Crippen molar-refractivity contribution in [1.29, 1.82) is 0 Å². The Hall–Kier alpha value is -2.79. The van der Waals surface area contributed by atoms with Gasteiger partial charge in [-0.15, -0.1) is 0 Å². The van der Waals surface area contributed by atoms with Gasteiger partial charge in [0.25, 0.3) is 0 Å². The smallest absolute Gasteiger partial charge is 0.315 e. The van der Waals surface area contributed by atoms with E-state index in [0.29, 0.717) is 6.54 Å². The molecule has 1 aliphatic rings. The molecule has 0 spiro atoms. The number of aromatic amines is 1. The Morgan fingerprint density at radius 2 is 1.77 bits per heavy atom. The van der Waals surface area contributed by atoms with E-state index < -0.39 is 0 Å². The van der Waals surface area contributed by atoms with Crippen molar-refractivity contribution in [2.75, 3.05) is 20.6 Å². The van der Waals surface area contributed by atoms with Crippen LogP contribution in [-0.2, 0) is 12.0 Å². The molecule has 4 rings (SSSR count). The largest absolute Gasteiger partial charge is 0.361 e. The summed E-state index contributed by atoms with van der Waals surface area (Å²) in [7, 11) is 4.33. The maximum absolute atomic E-state index is 12.4. The molecule has 0 atom stereocenters. The zero-order valence-electron chi connectivity index (χ0n) is 17.9. The number of H-pyrrole nitrogens is 1. The quantitative estimate of drug-likeness (QED) is 0.570. The number of hydrogen-bond acceptors (Lipinski definition) is 2. The molecule has 3 aromatic rings. The van der Waals surface area contributed by atoms with Crippen LogP contribution in [0.2, 0.25) is 0 Å². The van der Waals surface area contributed by atoms with Crippen LogP contribution in [0.25, 0.3) is 10.9 Å². The van der Waals surface area contributed by atoms with Crippen LogP contribution in [0.15, 0.2) is 60.8 Å². The van der Waals surface area contributed by atoms with Crippen LogP contribution >= 0.6 is 0 Å². The van der Waals surface area contributed by atoms with Gasteiger partial charge in [0.1, 0.15) is 0 Å². The standard InChI is InChI=1S/C25H32N4O/c1-29(2)25(20-8-4-3-5-9-20)15-12-21(13-16-25)28-24(30)26-17-14-19-18-27-23-11-7-6-10-22(19)23/h3-11,18,21,27H,12-17H2,1-2H3,(H2,26,28,30). The van der Waals surface area contributed by atoms with Gasteiger partial charge in [0.2, 0.25) is 0 Å². The predicted octanol–water partition coefficient (Wildman–Crippen LogP) is 4.41. The minimum atomic E-state index is -0.0584. The molecule has 3 N–H and O–H groups in total. The molecule has 1 fully saturated rings. The third-order valence-corrected chi connectivity index (χ3v) is 6.67. The van der Waals surface area contributed by atoms with E-state index in [0.717, 1.165) is 37.6 Å². The summed E-state index contributed by atoms with van der Waals surface area (Å²) < 4.78 is 0. The maximum Gasteiger partial charge on any atom is 0.315 e. The molecule has 30 heavy (non-hydrogen) atoms. The molecular formula is C25H32N4O. The summed E-state index contributed by atoms with van der Waals surface area (Å²) in [6.45, 7) is 0.631. The van der Waals surface area contributed by atoms with Crippen LogP contribution in [0.5, 0.6) is 0 Å². The molecule has 1 heterocycles. The summed E-state index contributed by atoms with van der Waals surface area (Å²) >= 11 is 0. The Kier molecular flexibility index (Phi) is 6.09. The lowest BCUT2D eigenvalue weighted by atomic mass is 9.74. The first-order valence-corrected chi connectivity index (χ1v) is 10.9. The lowest BCUT2D eigenvalue weighted by Crippen LogP contribution is -2.50. The highest BCUT2D eigenvalue weighted by molar-refractivity contribution is 5.83. The van der Waals surface area contributed by atoms with Gasteiger partial charge in [-0.25, -0.2) is 4.79 Å². The van der Waals surface area contributed by atoms with Gasteiger partial charge < -0.3 is 15.6 Å². The average molecular weight is 405 g/mol. The van der Waals surface area contributed by atoms with Crippen LogP contribution in [0.1, 0.15) is 36.8 Å². The van der Waals surface area contributed by atoms with Gasteiger partial charge in [-0.1, -0.05) is 48.5 Å². The number of fused-ring (bicyclic) bond motifs is 1. The van der Waals surface area contributed by atoms with Crippen LogP contribution in [0.3, 0.4) is 0 Å². The number of urea groups is 1. The number of para-hydroxylation sites is 1. The molecule has 5 heteroatoms. The zero-order valence-corrected chi connectivity index (χ0v) is 17.9. The summed E-state index contributed by atoms with van der Waals surface area (Å²) in [5.74, 6) is 0. The highest BCUT2D eigenvalue weighted by Crippen LogP contribution is 2.40. The first-order valence-electron chi connectivity index (χ1n) is 10.9. The number of carbonyl (C=O) groups is 1. The normalized spacial score (nSPS) is 21.6. The van der Waals surface area contributed by atoms with Gasteiger partial charge in [0.05, 0.1) is 0 Å². The van der Waals surface area contributed by atoms with Gasteiger partial charge in [-0.3, -0.25) is 4.90 Å². The first-order chi connectivity index (χ1) is 14.6. The number of carbonyl (C=O) groups excluding carboxylic acids is 1. The van der Waals surface area contributed by atoms with Crippen molar-refractivity contribution in [1.82, 2.24) is 20.5 Å². The van der Waals surface area contributed by atoms with Crippen molar-refractivity contribution < 1.29 is 4.79 Å². The molecule has 1 aliphatic carbocycles. The molecule has 0 bridgehead atoms. The molecule has 1 saturated carbocycles. The molecule has 0 aliphatic heterocycles. The Labute approximate surface area is 178 Å². The topological polar surface area (TPSA) is 60.2 Å². The van der Waals surface area contributed by atoms with Crippen molar-refractivity contribution >= 4 is 16.9 Å². The SMILES string of the molecule is CN(C)C1(c2ccccc2)CCC(NC(=O)NCCc2c[nH]c3ccccc23)CC1. The first kappa shape index (κ1) is 20.5. The fraction of sp³-hybridized carbons (Fsp3) is 0.400. The number of nitrogens with one attached hydrogen (secondary N) is 3. The predicted molar refractivity (Wildman–Crippen MR) is 123 cm³/mol. The van der Waals surface area contributed by atoms with E-state index in [9.17, 15) is 4.79 Å². The van der Waals surface area contributed by atoms with E-state index in [-0.39, 0.29) is 17.6 Å². The zero-order chi connectivity index (χ0) is 21.0. The molecule has 0 unspecified atom stereocenters. The fourth-order valence-electron chi connectivity index (χ4n) is 4.87. The fourth-order valence-corrected chi connectivity index (χ4v) is 4.87. The van der Waals surface area contributed by atoms with Crippen molar-refractivity contribution in [3.05, 3.63) is 71.9 Å². The van der Waals surface area contributed by atoms with Gasteiger partial charge in [0, 0.05) is 35.2 Å². The Morgan fingerprint density at radius 3 is 2.50 bits per heavy atom. The second-order valence-electron chi connectivity index (χ2n) is 8.58. The summed E-state index contributed by atoms with van der Waals surface area (Å²) in [5.41, 5.74) is 3.81. The molecule has 5 nitrogen and oxygen atoms in total. The Morgan fingerprint density at radius 1 is 1.07 bits per heavy atom. The third-order valence-electron chi connectivity index (χ3n) is 6.67. The second kappa shape index (κ2) is 8.92. The second-order valence-corrected chi connectivity index (χ2v) is 8.58. The summed E-state index contributed by atoms with van der Waals surface area (Å²) in [4.78, 5) is 18.1.